The van der Waals surface area contributed by atoms with Gasteiger partial charge in [-0.15, -0.1) is 0 Å². The number of aromatic nitrogens is 2. The van der Waals surface area contributed by atoms with Gasteiger partial charge in [0.15, 0.2) is 5.82 Å². The van der Waals surface area contributed by atoms with Gasteiger partial charge in [0.2, 0.25) is 5.91 Å². The summed E-state index contributed by atoms with van der Waals surface area (Å²) in [6.45, 7) is 2.87. The van der Waals surface area contributed by atoms with Crippen molar-refractivity contribution in [1.82, 2.24) is 14.9 Å². The molecular weight excluding hydrogens is 427 g/mol. The summed E-state index contributed by atoms with van der Waals surface area (Å²) in [7, 11) is 0. The topological polar surface area (TPSA) is 49.3 Å². The number of rotatable bonds is 7. The highest BCUT2D eigenvalue weighted by Gasteiger charge is 2.21. The summed E-state index contributed by atoms with van der Waals surface area (Å²) in [4.78, 5) is 26.7. The van der Waals surface area contributed by atoms with Crippen molar-refractivity contribution in [2.45, 2.75) is 25.8 Å². The minimum absolute atomic E-state index is 0.188. The summed E-state index contributed by atoms with van der Waals surface area (Å²) in [5, 5.41) is 0.929. The molecule has 0 radical (unpaired) electrons. The quantitative estimate of drug-likeness (QED) is 0.372. The fourth-order valence-electron chi connectivity index (χ4n) is 4.45. The number of carbonyl (C=O) groups excluding carboxylic acids is 1. The van der Waals surface area contributed by atoms with E-state index < -0.39 is 0 Å². The molecule has 6 heteroatoms. The zero-order valence-corrected chi connectivity index (χ0v) is 19.0. The average molecular weight is 455 g/mol. The number of benzene rings is 3. The Morgan fingerprint density at radius 3 is 2.35 bits per heavy atom. The molecule has 0 unspecified atom stereocenters. The van der Waals surface area contributed by atoms with E-state index in [1.165, 1.54) is 12.1 Å². The van der Waals surface area contributed by atoms with Crippen LogP contribution < -0.4 is 4.90 Å². The minimum atomic E-state index is -0.295. The molecule has 0 aliphatic carbocycles. The van der Waals surface area contributed by atoms with Crippen LogP contribution in [0.15, 0.2) is 78.9 Å². The first kappa shape index (κ1) is 22.0. The van der Waals surface area contributed by atoms with E-state index in [1.54, 1.807) is 12.1 Å². The maximum absolute atomic E-state index is 13.5. The number of carbonyl (C=O) groups is 1. The van der Waals surface area contributed by atoms with Gasteiger partial charge in [-0.3, -0.25) is 4.79 Å². The molecule has 34 heavy (non-hydrogen) atoms. The van der Waals surface area contributed by atoms with Crippen LogP contribution in [0.5, 0.6) is 0 Å². The summed E-state index contributed by atoms with van der Waals surface area (Å²) in [6, 6.07) is 24.3. The van der Waals surface area contributed by atoms with Crippen molar-refractivity contribution >= 4 is 22.6 Å². The number of amides is 1. The Hall–Kier alpha value is -3.80. The van der Waals surface area contributed by atoms with E-state index in [4.69, 9.17) is 9.97 Å². The summed E-state index contributed by atoms with van der Waals surface area (Å²) < 4.78 is 13.5. The highest BCUT2D eigenvalue weighted by atomic mass is 19.1. The Labute approximate surface area is 198 Å². The van der Waals surface area contributed by atoms with E-state index >= 15 is 0 Å². The van der Waals surface area contributed by atoms with Crippen molar-refractivity contribution in [3.05, 3.63) is 90.2 Å². The highest BCUT2D eigenvalue weighted by Crippen LogP contribution is 2.29. The van der Waals surface area contributed by atoms with Crippen molar-refractivity contribution in [2.75, 3.05) is 24.5 Å². The Balaban J connectivity index is 1.54. The third kappa shape index (κ3) is 4.91. The molecule has 1 aliphatic rings. The first-order chi connectivity index (χ1) is 16.7. The first-order valence-corrected chi connectivity index (χ1v) is 11.8. The van der Waals surface area contributed by atoms with Crippen molar-refractivity contribution < 1.29 is 9.18 Å². The summed E-state index contributed by atoms with van der Waals surface area (Å²) in [5.74, 6) is 1.21. The lowest BCUT2D eigenvalue weighted by molar-refractivity contribution is -0.129. The second-order valence-electron chi connectivity index (χ2n) is 8.64. The second-order valence-corrected chi connectivity index (χ2v) is 8.64. The van der Waals surface area contributed by atoms with Crippen molar-refractivity contribution in [1.29, 1.82) is 0 Å². The van der Waals surface area contributed by atoms with E-state index in [0.29, 0.717) is 25.3 Å². The van der Waals surface area contributed by atoms with Crippen LogP contribution in [0.2, 0.25) is 0 Å². The summed E-state index contributed by atoms with van der Waals surface area (Å²) in [6.07, 6.45) is 2.59. The fraction of sp³-hybridized carbons (Fsp3) is 0.250. The third-order valence-corrected chi connectivity index (χ3v) is 6.26. The number of anilines is 1. The van der Waals surface area contributed by atoms with Crippen LogP contribution in [0.3, 0.4) is 0 Å². The molecule has 4 aromatic rings. The van der Waals surface area contributed by atoms with Crippen molar-refractivity contribution in [3.8, 4) is 11.4 Å². The molecule has 0 N–H and O–H groups in total. The average Bonchev–Trinajstić information content (AvgIpc) is 3.42. The molecule has 0 bridgehead atoms. The van der Waals surface area contributed by atoms with Crippen LogP contribution in [-0.2, 0) is 11.3 Å². The van der Waals surface area contributed by atoms with Crippen molar-refractivity contribution in [2.24, 2.45) is 0 Å². The Morgan fingerprint density at radius 2 is 1.59 bits per heavy atom. The number of hydrogen-bond donors (Lipinski definition) is 0. The molecule has 1 aromatic heterocycles. The molecular formula is C28H27FN4O. The van der Waals surface area contributed by atoms with Crippen LogP contribution >= 0.6 is 0 Å². The van der Waals surface area contributed by atoms with Crippen LogP contribution in [-0.4, -0.2) is 40.4 Å². The number of nitrogens with zero attached hydrogens (tertiary/aromatic N) is 4. The van der Waals surface area contributed by atoms with E-state index in [1.807, 2.05) is 47.4 Å². The third-order valence-electron chi connectivity index (χ3n) is 6.26. The Bertz CT molecular complexity index is 1270. The maximum atomic E-state index is 13.5. The standard InChI is InChI=1S/C28H27FN4O/c29-23-14-12-22(13-15-23)27-30-25-11-5-4-10-24(25)28(31-27)33(20-21-8-2-1-3-9-21)19-16-26(34)32-17-6-7-18-32/h1-5,8-15H,6-7,16-20H2. The number of halogens is 1. The number of fused-ring (bicyclic) bond motifs is 1. The molecule has 3 aromatic carbocycles. The van der Waals surface area contributed by atoms with Gasteiger partial charge in [0.1, 0.15) is 11.6 Å². The van der Waals surface area contributed by atoms with Gasteiger partial charge in [-0.05, 0) is 54.8 Å². The van der Waals surface area contributed by atoms with Gasteiger partial charge in [-0.2, -0.15) is 0 Å². The van der Waals surface area contributed by atoms with Crippen LogP contribution in [0.1, 0.15) is 24.8 Å². The highest BCUT2D eigenvalue weighted by molar-refractivity contribution is 5.91. The molecule has 2 heterocycles. The molecule has 0 spiro atoms. The molecule has 5 nitrogen and oxygen atoms in total. The van der Waals surface area contributed by atoms with Crippen LogP contribution in [0.4, 0.5) is 10.2 Å². The van der Waals surface area contributed by atoms with Gasteiger partial charge in [0.05, 0.1) is 5.52 Å². The van der Waals surface area contributed by atoms with Gasteiger partial charge >= 0.3 is 0 Å². The molecule has 1 saturated heterocycles. The maximum Gasteiger partial charge on any atom is 0.224 e. The molecule has 1 fully saturated rings. The summed E-state index contributed by atoms with van der Waals surface area (Å²) in [5.41, 5.74) is 2.71. The lowest BCUT2D eigenvalue weighted by Crippen LogP contribution is -2.33. The molecule has 5 rings (SSSR count). The van der Waals surface area contributed by atoms with Crippen LogP contribution in [0, 0.1) is 5.82 Å². The summed E-state index contributed by atoms with van der Waals surface area (Å²) >= 11 is 0. The van der Waals surface area contributed by atoms with Gasteiger partial charge in [0.25, 0.3) is 0 Å². The number of para-hydroxylation sites is 1. The molecule has 1 amide bonds. The number of hydrogen-bond acceptors (Lipinski definition) is 4. The van der Waals surface area contributed by atoms with E-state index in [9.17, 15) is 9.18 Å². The lowest BCUT2D eigenvalue weighted by atomic mass is 10.1. The van der Waals surface area contributed by atoms with E-state index in [2.05, 4.69) is 17.0 Å². The molecule has 0 saturated carbocycles. The Morgan fingerprint density at radius 1 is 0.882 bits per heavy atom. The fourth-order valence-corrected chi connectivity index (χ4v) is 4.45. The van der Waals surface area contributed by atoms with E-state index in [-0.39, 0.29) is 11.7 Å². The second kappa shape index (κ2) is 10.00. The van der Waals surface area contributed by atoms with Gasteiger partial charge < -0.3 is 9.80 Å². The SMILES string of the molecule is O=C(CCN(Cc1ccccc1)c1nc(-c2ccc(F)cc2)nc2ccccc12)N1CCCC1. The predicted octanol–water partition coefficient (Wildman–Crippen LogP) is 5.46. The minimum Gasteiger partial charge on any atom is -0.351 e. The number of likely N-dealkylation sites (tertiary alicyclic amines) is 1. The van der Waals surface area contributed by atoms with Gasteiger partial charge in [-0.1, -0.05) is 42.5 Å². The Kier molecular flexibility index (Phi) is 6.47. The van der Waals surface area contributed by atoms with Gasteiger partial charge in [-0.25, -0.2) is 14.4 Å². The van der Waals surface area contributed by atoms with E-state index in [0.717, 1.165) is 53.8 Å². The lowest BCUT2D eigenvalue weighted by Gasteiger charge is -2.26. The monoisotopic (exact) mass is 454 g/mol. The first-order valence-electron chi connectivity index (χ1n) is 11.8. The van der Waals surface area contributed by atoms with Crippen LogP contribution in [0.25, 0.3) is 22.3 Å². The predicted molar refractivity (Wildman–Crippen MR) is 133 cm³/mol. The van der Waals surface area contributed by atoms with Crippen molar-refractivity contribution in [3.63, 3.8) is 0 Å². The molecule has 0 atom stereocenters. The molecule has 1 aliphatic heterocycles. The smallest absolute Gasteiger partial charge is 0.224 e. The zero-order chi connectivity index (χ0) is 23.3. The normalized spacial score (nSPS) is 13.4. The largest absolute Gasteiger partial charge is 0.351 e. The van der Waals surface area contributed by atoms with Gasteiger partial charge in [0, 0.05) is 43.5 Å². The molecule has 172 valence electrons. The zero-order valence-electron chi connectivity index (χ0n) is 19.0.